The number of carbonyl (C=O) groups excluding carboxylic acids is 1. The third kappa shape index (κ3) is 5.57. The molecule has 0 atom stereocenters. The van der Waals surface area contributed by atoms with Crippen LogP contribution >= 0.6 is 11.6 Å². The molecular weight excluding hydrogens is 486 g/mol. The van der Waals surface area contributed by atoms with Gasteiger partial charge in [-0.15, -0.1) is 0 Å². The Labute approximate surface area is 220 Å². The minimum atomic E-state index is -0.531. The SMILES string of the molecule is COc1cc(/C=C2\N=C(c3ccc(-c4ccccc4)cc3)OC2=O)cc(Cl)c1OCc1ccc(C)cc1. The molecule has 0 amide bonds. The molecule has 6 heteroatoms. The topological polar surface area (TPSA) is 57.1 Å². The van der Waals surface area contributed by atoms with Crippen LogP contribution in [0.25, 0.3) is 17.2 Å². The Bertz CT molecular complexity index is 1490. The number of aryl methyl sites for hydroxylation is 1. The maximum Gasteiger partial charge on any atom is 0.363 e. The van der Waals surface area contributed by atoms with Crippen molar-refractivity contribution in [3.63, 3.8) is 0 Å². The van der Waals surface area contributed by atoms with Gasteiger partial charge in [-0.3, -0.25) is 0 Å². The first-order valence-corrected chi connectivity index (χ1v) is 12.1. The van der Waals surface area contributed by atoms with Gasteiger partial charge in [0.2, 0.25) is 5.90 Å². The number of cyclic esters (lactones) is 1. The fourth-order valence-electron chi connectivity index (χ4n) is 3.93. The van der Waals surface area contributed by atoms with Gasteiger partial charge in [0.15, 0.2) is 17.2 Å². The molecule has 37 heavy (non-hydrogen) atoms. The molecule has 5 nitrogen and oxygen atoms in total. The predicted molar refractivity (Wildman–Crippen MR) is 146 cm³/mol. The zero-order chi connectivity index (χ0) is 25.8. The molecule has 0 unspecified atom stereocenters. The average molecular weight is 510 g/mol. The van der Waals surface area contributed by atoms with Gasteiger partial charge in [-0.05, 0) is 59.5 Å². The minimum absolute atomic E-state index is 0.175. The Morgan fingerprint density at radius 3 is 2.27 bits per heavy atom. The van der Waals surface area contributed by atoms with Gasteiger partial charge in [0.25, 0.3) is 0 Å². The summed E-state index contributed by atoms with van der Waals surface area (Å²) in [5.41, 5.74) is 5.90. The second-order valence-electron chi connectivity index (χ2n) is 8.59. The van der Waals surface area contributed by atoms with Crippen LogP contribution in [0.3, 0.4) is 0 Å². The lowest BCUT2D eigenvalue weighted by atomic mass is 10.0. The Hall–Kier alpha value is -4.35. The zero-order valence-corrected chi connectivity index (χ0v) is 21.2. The second-order valence-corrected chi connectivity index (χ2v) is 9.00. The highest BCUT2D eigenvalue weighted by molar-refractivity contribution is 6.32. The first-order valence-electron chi connectivity index (χ1n) is 11.7. The number of hydrogen-bond donors (Lipinski definition) is 0. The van der Waals surface area contributed by atoms with Crippen molar-refractivity contribution < 1.29 is 19.0 Å². The predicted octanol–water partition coefficient (Wildman–Crippen LogP) is 7.25. The highest BCUT2D eigenvalue weighted by Crippen LogP contribution is 2.38. The van der Waals surface area contributed by atoms with Crippen LogP contribution in [0.5, 0.6) is 11.5 Å². The van der Waals surface area contributed by atoms with Crippen molar-refractivity contribution in [1.29, 1.82) is 0 Å². The largest absolute Gasteiger partial charge is 0.493 e. The van der Waals surface area contributed by atoms with E-state index in [2.05, 4.69) is 4.99 Å². The van der Waals surface area contributed by atoms with E-state index in [0.717, 1.165) is 16.7 Å². The Morgan fingerprint density at radius 1 is 0.892 bits per heavy atom. The fraction of sp³-hybridized carbons (Fsp3) is 0.0968. The summed E-state index contributed by atoms with van der Waals surface area (Å²) >= 11 is 6.53. The normalized spacial score (nSPS) is 13.9. The molecule has 0 saturated carbocycles. The molecule has 1 aliphatic rings. The number of ether oxygens (including phenoxy) is 3. The lowest BCUT2D eigenvalue weighted by Gasteiger charge is -2.13. The first-order chi connectivity index (χ1) is 18.0. The summed E-state index contributed by atoms with van der Waals surface area (Å²) in [7, 11) is 1.54. The van der Waals surface area contributed by atoms with Crippen LogP contribution in [-0.2, 0) is 16.1 Å². The molecule has 5 rings (SSSR count). The van der Waals surface area contributed by atoms with E-state index in [1.165, 1.54) is 5.56 Å². The number of carbonyl (C=O) groups is 1. The second kappa shape index (κ2) is 10.7. The maximum atomic E-state index is 12.5. The molecule has 0 spiro atoms. The van der Waals surface area contributed by atoms with Crippen molar-refractivity contribution in [2.75, 3.05) is 7.11 Å². The molecule has 0 bridgehead atoms. The van der Waals surface area contributed by atoms with Gasteiger partial charge in [-0.2, -0.15) is 0 Å². The fourth-order valence-corrected chi connectivity index (χ4v) is 4.20. The van der Waals surface area contributed by atoms with Crippen LogP contribution in [0.1, 0.15) is 22.3 Å². The van der Waals surface area contributed by atoms with Crippen LogP contribution in [0.4, 0.5) is 0 Å². The highest BCUT2D eigenvalue weighted by Gasteiger charge is 2.24. The number of methoxy groups -OCH3 is 1. The standard InChI is InChI=1S/C31H24ClNO4/c1-20-8-10-21(11-9-20)19-36-29-26(32)16-22(18-28(29)35-2)17-27-31(34)37-30(33-27)25-14-12-24(13-15-25)23-6-4-3-5-7-23/h3-18H,19H2,1-2H3/b27-17-. The summed E-state index contributed by atoms with van der Waals surface area (Å²) in [5, 5.41) is 0.366. The molecule has 0 N–H and O–H groups in total. The lowest BCUT2D eigenvalue weighted by molar-refractivity contribution is -0.129. The van der Waals surface area contributed by atoms with E-state index < -0.39 is 5.97 Å². The monoisotopic (exact) mass is 509 g/mol. The van der Waals surface area contributed by atoms with E-state index in [1.54, 1.807) is 25.3 Å². The van der Waals surface area contributed by atoms with Crippen molar-refractivity contribution in [1.82, 2.24) is 0 Å². The lowest BCUT2D eigenvalue weighted by Crippen LogP contribution is -2.05. The Morgan fingerprint density at radius 2 is 1.57 bits per heavy atom. The number of aliphatic imine (C=N–C) groups is 1. The Balaban J connectivity index is 1.36. The molecular formula is C31H24ClNO4. The van der Waals surface area contributed by atoms with E-state index in [0.29, 0.717) is 34.3 Å². The van der Waals surface area contributed by atoms with Gasteiger partial charge in [0, 0.05) is 5.56 Å². The molecule has 4 aromatic rings. The molecule has 0 saturated heterocycles. The summed E-state index contributed by atoms with van der Waals surface area (Å²) in [4.78, 5) is 17.0. The third-order valence-corrected chi connectivity index (χ3v) is 6.20. The number of benzene rings is 4. The molecule has 0 aromatic heterocycles. The smallest absolute Gasteiger partial charge is 0.363 e. The van der Waals surface area contributed by atoms with E-state index in [1.807, 2.05) is 85.8 Å². The molecule has 4 aromatic carbocycles. The highest BCUT2D eigenvalue weighted by atomic mass is 35.5. The number of rotatable bonds is 7. The van der Waals surface area contributed by atoms with Crippen molar-refractivity contribution in [2.24, 2.45) is 4.99 Å². The van der Waals surface area contributed by atoms with Crippen molar-refractivity contribution >= 4 is 29.5 Å². The molecule has 184 valence electrons. The number of hydrogen-bond acceptors (Lipinski definition) is 5. The number of nitrogens with zero attached hydrogens (tertiary/aromatic N) is 1. The van der Waals surface area contributed by atoms with E-state index >= 15 is 0 Å². The molecule has 1 heterocycles. The number of halogens is 1. The summed E-state index contributed by atoms with van der Waals surface area (Å²) in [6.07, 6.45) is 1.62. The van der Waals surface area contributed by atoms with Gasteiger partial charge in [0.1, 0.15) is 6.61 Å². The summed E-state index contributed by atoms with van der Waals surface area (Å²) in [5.74, 6) is 0.617. The van der Waals surface area contributed by atoms with Crippen LogP contribution in [0.15, 0.2) is 102 Å². The van der Waals surface area contributed by atoms with Crippen molar-refractivity contribution in [3.8, 4) is 22.6 Å². The first kappa shape index (κ1) is 24.3. The third-order valence-electron chi connectivity index (χ3n) is 5.92. The minimum Gasteiger partial charge on any atom is -0.493 e. The number of esters is 1. The summed E-state index contributed by atoms with van der Waals surface area (Å²) in [6.45, 7) is 2.38. The van der Waals surface area contributed by atoms with E-state index in [-0.39, 0.29) is 11.6 Å². The molecule has 1 aliphatic heterocycles. The average Bonchev–Trinajstić information content (AvgIpc) is 3.29. The Kier molecular flexibility index (Phi) is 7.06. The summed E-state index contributed by atoms with van der Waals surface area (Å²) in [6, 6.07) is 29.3. The van der Waals surface area contributed by atoms with Gasteiger partial charge in [-0.1, -0.05) is 83.9 Å². The van der Waals surface area contributed by atoms with Crippen LogP contribution in [0.2, 0.25) is 5.02 Å². The van der Waals surface area contributed by atoms with Crippen molar-refractivity contribution in [2.45, 2.75) is 13.5 Å². The van der Waals surface area contributed by atoms with Crippen LogP contribution in [-0.4, -0.2) is 19.0 Å². The van der Waals surface area contributed by atoms with E-state index in [4.69, 9.17) is 25.8 Å². The van der Waals surface area contributed by atoms with Crippen LogP contribution in [0, 0.1) is 6.92 Å². The summed E-state index contributed by atoms with van der Waals surface area (Å²) < 4.78 is 16.9. The molecule has 0 radical (unpaired) electrons. The maximum absolute atomic E-state index is 12.5. The molecule has 0 fully saturated rings. The van der Waals surface area contributed by atoms with Gasteiger partial charge >= 0.3 is 5.97 Å². The quantitative estimate of drug-likeness (QED) is 0.194. The van der Waals surface area contributed by atoms with Crippen molar-refractivity contribution in [3.05, 3.63) is 124 Å². The van der Waals surface area contributed by atoms with Gasteiger partial charge in [-0.25, -0.2) is 9.79 Å². The van der Waals surface area contributed by atoms with Gasteiger partial charge in [0.05, 0.1) is 12.1 Å². The molecule has 0 aliphatic carbocycles. The van der Waals surface area contributed by atoms with Crippen LogP contribution < -0.4 is 9.47 Å². The van der Waals surface area contributed by atoms with Gasteiger partial charge < -0.3 is 14.2 Å². The van der Waals surface area contributed by atoms with E-state index in [9.17, 15) is 4.79 Å². The zero-order valence-electron chi connectivity index (χ0n) is 20.4.